The Labute approximate surface area is 106 Å². The molecule has 2 rings (SSSR count). The van der Waals surface area contributed by atoms with Crippen molar-refractivity contribution in [3.05, 3.63) is 22.2 Å². The molecule has 0 spiro atoms. The molecular weight excluding hydrogens is 312 g/mol. The molecule has 17 heavy (non-hydrogen) atoms. The number of ether oxygens (including phenoxy) is 1. The summed E-state index contributed by atoms with van der Waals surface area (Å²) in [4.78, 5) is 11.5. The summed E-state index contributed by atoms with van der Waals surface area (Å²) in [7, 11) is -3.94. The summed E-state index contributed by atoms with van der Waals surface area (Å²) in [6, 6.07) is 2.80. The van der Waals surface area contributed by atoms with E-state index in [-0.39, 0.29) is 28.7 Å². The van der Waals surface area contributed by atoms with Gasteiger partial charge in [-0.15, -0.1) is 0 Å². The highest BCUT2D eigenvalue weighted by molar-refractivity contribution is 9.10. The van der Waals surface area contributed by atoms with Gasteiger partial charge in [0.2, 0.25) is 10.0 Å². The molecule has 0 aromatic heterocycles. The fourth-order valence-electron chi connectivity index (χ4n) is 1.51. The Morgan fingerprint density at radius 2 is 2.12 bits per heavy atom. The van der Waals surface area contributed by atoms with Crippen LogP contribution in [0.25, 0.3) is 0 Å². The molecule has 0 saturated heterocycles. The number of nitrogens with two attached hydrogens (primary N) is 1. The topological polar surface area (TPSA) is 98.5 Å². The normalized spacial score (nSPS) is 15.5. The molecule has 0 aliphatic carbocycles. The van der Waals surface area contributed by atoms with Gasteiger partial charge in [-0.3, -0.25) is 4.79 Å². The maximum atomic E-state index is 11.7. The fourth-order valence-corrected chi connectivity index (χ4v) is 2.84. The molecule has 6 nitrogen and oxygen atoms in total. The first kappa shape index (κ1) is 12.3. The van der Waals surface area contributed by atoms with E-state index < -0.39 is 10.0 Å². The third kappa shape index (κ3) is 2.43. The number of halogens is 1. The molecule has 1 aliphatic heterocycles. The summed E-state index contributed by atoms with van der Waals surface area (Å²) in [6.45, 7) is 0.512. The maximum absolute atomic E-state index is 11.7. The van der Waals surface area contributed by atoms with Crippen molar-refractivity contribution >= 4 is 31.9 Å². The number of fused-ring (bicyclic) bond motifs is 1. The summed E-state index contributed by atoms with van der Waals surface area (Å²) in [5.41, 5.74) is 0.154. The molecule has 0 fully saturated rings. The number of nitrogens with one attached hydrogen (secondary N) is 1. The fraction of sp³-hybridized carbons (Fsp3) is 0.222. The molecule has 8 heteroatoms. The molecule has 92 valence electrons. The molecule has 1 amide bonds. The van der Waals surface area contributed by atoms with Gasteiger partial charge in [-0.1, -0.05) is 15.9 Å². The smallest absolute Gasteiger partial charge is 0.255 e. The van der Waals surface area contributed by atoms with Crippen LogP contribution in [0.3, 0.4) is 0 Å². The summed E-state index contributed by atoms with van der Waals surface area (Å²) in [5.74, 6) is -0.380. The van der Waals surface area contributed by atoms with Gasteiger partial charge >= 0.3 is 0 Å². The van der Waals surface area contributed by atoms with E-state index in [1.165, 1.54) is 12.1 Å². The van der Waals surface area contributed by atoms with Crippen molar-refractivity contribution in [2.75, 3.05) is 13.2 Å². The van der Waals surface area contributed by atoms with Crippen LogP contribution in [-0.2, 0) is 10.0 Å². The lowest BCUT2D eigenvalue weighted by Crippen LogP contribution is -2.24. The lowest BCUT2D eigenvalue weighted by molar-refractivity contribution is 0.0957. The summed E-state index contributed by atoms with van der Waals surface area (Å²) in [5, 5.41) is 7.67. The highest BCUT2D eigenvalue weighted by Gasteiger charge is 2.25. The summed E-state index contributed by atoms with van der Waals surface area (Å²) >= 11 is 3.13. The number of benzene rings is 1. The second-order valence-electron chi connectivity index (χ2n) is 3.43. The number of carbonyl (C=O) groups is 1. The zero-order valence-electron chi connectivity index (χ0n) is 8.57. The molecule has 0 unspecified atom stereocenters. The van der Waals surface area contributed by atoms with E-state index in [1.807, 2.05) is 0 Å². The highest BCUT2D eigenvalue weighted by atomic mass is 79.9. The van der Waals surface area contributed by atoms with Gasteiger partial charge in [-0.25, -0.2) is 13.6 Å². The summed E-state index contributed by atoms with van der Waals surface area (Å²) < 4.78 is 28.6. The number of hydrogen-bond donors (Lipinski definition) is 2. The lowest BCUT2D eigenvalue weighted by atomic mass is 10.2. The van der Waals surface area contributed by atoms with Gasteiger partial charge in [0, 0.05) is 4.47 Å². The Morgan fingerprint density at radius 3 is 2.76 bits per heavy atom. The Kier molecular flexibility index (Phi) is 3.11. The minimum atomic E-state index is -3.94. The van der Waals surface area contributed by atoms with Crippen LogP contribution in [0.4, 0.5) is 0 Å². The minimum Gasteiger partial charge on any atom is -0.489 e. The lowest BCUT2D eigenvalue weighted by Gasteiger charge is -2.10. The van der Waals surface area contributed by atoms with Crippen LogP contribution in [0, 0.1) is 0 Å². The predicted octanol–water partition coefficient (Wildman–Crippen LogP) is 0.219. The number of hydrogen-bond acceptors (Lipinski definition) is 4. The third-order valence-corrected chi connectivity index (χ3v) is 3.58. The van der Waals surface area contributed by atoms with E-state index in [9.17, 15) is 13.2 Å². The number of carbonyl (C=O) groups excluding carboxylic acids is 1. The van der Waals surface area contributed by atoms with Crippen molar-refractivity contribution in [3.63, 3.8) is 0 Å². The van der Waals surface area contributed by atoms with Crippen LogP contribution in [0.1, 0.15) is 10.4 Å². The van der Waals surface area contributed by atoms with Gasteiger partial charge in [0.05, 0.1) is 12.1 Å². The van der Waals surface area contributed by atoms with Crippen molar-refractivity contribution in [3.8, 4) is 5.75 Å². The zero-order valence-corrected chi connectivity index (χ0v) is 11.0. The number of amides is 1. The molecule has 1 aromatic carbocycles. The number of rotatable bonds is 1. The van der Waals surface area contributed by atoms with Crippen LogP contribution >= 0.6 is 15.9 Å². The molecule has 0 bridgehead atoms. The van der Waals surface area contributed by atoms with Crippen LogP contribution in [0.2, 0.25) is 0 Å². The van der Waals surface area contributed by atoms with E-state index in [4.69, 9.17) is 9.88 Å². The van der Waals surface area contributed by atoms with Crippen molar-refractivity contribution in [2.24, 2.45) is 5.14 Å². The molecule has 0 radical (unpaired) electrons. The molecular formula is C9H9BrN2O4S. The number of primary sulfonamides is 1. The van der Waals surface area contributed by atoms with Crippen LogP contribution in [-0.4, -0.2) is 27.5 Å². The minimum absolute atomic E-state index is 0.00528. The SMILES string of the molecule is NS(=O)(=O)c1cc(Br)cc2c1OCCNC2=O. The van der Waals surface area contributed by atoms with E-state index in [2.05, 4.69) is 21.2 Å². The van der Waals surface area contributed by atoms with Crippen molar-refractivity contribution in [1.29, 1.82) is 0 Å². The Balaban J connectivity index is 2.74. The molecule has 1 aromatic rings. The number of sulfonamides is 1. The van der Waals surface area contributed by atoms with E-state index >= 15 is 0 Å². The van der Waals surface area contributed by atoms with Gasteiger partial charge in [0.25, 0.3) is 5.91 Å². The summed E-state index contributed by atoms with van der Waals surface area (Å²) in [6.07, 6.45) is 0. The van der Waals surface area contributed by atoms with Crippen LogP contribution in [0.15, 0.2) is 21.5 Å². The van der Waals surface area contributed by atoms with Crippen LogP contribution < -0.4 is 15.2 Å². The second kappa shape index (κ2) is 4.28. The molecule has 0 atom stereocenters. The van der Waals surface area contributed by atoms with Crippen molar-refractivity contribution < 1.29 is 17.9 Å². The molecule has 3 N–H and O–H groups in total. The van der Waals surface area contributed by atoms with Gasteiger partial charge in [-0.05, 0) is 12.1 Å². The van der Waals surface area contributed by atoms with Gasteiger partial charge < -0.3 is 10.1 Å². The Bertz CT molecular complexity index is 585. The first-order valence-electron chi connectivity index (χ1n) is 4.67. The van der Waals surface area contributed by atoms with Gasteiger partial charge in [0.15, 0.2) is 5.75 Å². The molecule has 1 heterocycles. The highest BCUT2D eigenvalue weighted by Crippen LogP contribution is 2.32. The maximum Gasteiger partial charge on any atom is 0.255 e. The van der Waals surface area contributed by atoms with E-state index in [1.54, 1.807) is 0 Å². The predicted molar refractivity (Wildman–Crippen MR) is 63.3 cm³/mol. The van der Waals surface area contributed by atoms with E-state index in [0.717, 1.165) is 0 Å². The zero-order chi connectivity index (χ0) is 12.6. The van der Waals surface area contributed by atoms with Gasteiger partial charge in [0.1, 0.15) is 11.5 Å². The average molecular weight is 321 g/mol. The van der Waals surface area contributed by atoms with Gasteiger partial charge in [-0.2, -0.15) is 0 Å². The first-order chi connectivity index (χ1) is 7.89. The molecule has 0 saturated carbocycles. The van der Waals surface area contributed by atoms with Crippen LogP contribution in [0.5, 0.6) is 5.75 Å². The third-order valence-electron chi connectivity index (χ3n) is 2.20. The second-order valence-corrected chi connectivity index (χ2v) is 5.88. The molecule has 1 aliphatic rings. The Morgan fingerprint density at radius 1 is 1.41 bits per heavy atom. The standard InChI is InChI=1S/C9H9BrN2O4S/c10-5-3-6-8(7(4-5)17(11,14)15)16-2-1-12-9(6)13/h3-4H,1-2H2,(H,12,13)(H2,11,14,15). The quantitative estimate of drug-likeness (QED) is 0.773. The Hall–Kier alpha value is -1.12. The largest absolute Gasteiger partial charge is 0.489 e. The average Bonchev–Trinajstić information content (AvgIpc) is 2.39. The first-order valence-corrected chi connectivity index (χ1v) is 7.01. The van der Waals surface area contributed by atoms with Crippen molar-refractivity contribution in [1.82, 2.24) is 5.32 Å². The van der Waals surface area contributed by atoms with Crippen molar-refractivity contribution in [2.45, 2.75) is 4.90 Å². The monoisotopic (exact) mass is 320 g/mol. The van der Waals surface area contributed by atoms with E-state index in [0.29, 0.717) is 11.0 Å².